The zero-order valence-electron chi connectivity index (χ0n) is 11.8. The Kier molecular flexibility index (Phi) is 3.43. The number of imidazole rings is 1. The Balaban J connectivity index is 2.19. The molecular weight excluding hydrogens is 270 g/mol. The molecule has 1 aliphatic carbocycles. The van der Waals surface area contributed by atoms with Gasteiger partial charge in [0, 0.05) is 6.04 Å². The lowest BCUT2D eigenvalue weighted by atomic mass is 9.97. The number of halogens is 1. The number of benzene rings is 1. The van der Waals surface area contributed by atoms with Crippen LogP contribution in [0, 0.1) is 23.2 Å². The Bertz CT molecular complexity index is 683. The molecule has 3 atom stereocenters. The molecule has 0 saturated heterocycles. The third kappa shape index (κ3) is 1.99. The van der Waals surface area contributed by atoms with Crippen LogP contribution in [0.5, 0.6) is 0 Å². The molecule has 20 heavy (non-hydrogen) atoms. The lowest BCUT2D eigenvalue weighted by Crippen LogP contribution is -2.16. The normalized spacial score (nSPS) is 26.0. The lowest BCUT2D eigenvalue weighted by molar-refractivity contribution is 0.354. The first-order valence-corrected chi connectivity index (χ1v) is 7.66. The molecule has 1 saturated carbocycles. The molecule has 0 spiro atoms. The van der Waals surface area contributed by atoms with E-state index >= 15 is 0 Å². The maximum absolute atomic E-state index is 9.11. The standard InChI is InChI=1S/C16H18ClN3/c1-10-3-6-14(11(10)2)20-15-7-12(9-18)4-5-13(15)19-16(20)8-17/h4-5,7,10-11,14H,3,6,8H2,1-2H3. The predicted molar refractivity (Wildman–Crippen MR) is 80.6 cm³/mol. The van der Waals surface area contributed by atoms with Crippen LogP contribution in [0.4, 0.5) is 0 Å². The summed E-state index contributed by atoms with van der Waals surface area (Å²) in [6, 6.07) is 8.33. The van der Waals surface area contributed by atoms with E-state index < -0.39 is 0 Å². The van der Waals surface area contributed by atoms with E-state index in [0.29, 0.717) is 23.4 Å². The summed E-state index contributed by atoms with van der Waals surface area (Å²) in [5.74, 6) is 2.66. The van der Waals surface area contributed by atoms with Crippen LogP contribution < -0.4 is 0 Å². The summed E-state index contributed by atoms with van der Waals surface area (Å²) in [4.78, 5) is 4.63. The number of hydrogen-bond acceptors (Lipinski definition) is 2. The smallest absolute Gasteiger partial charge is 0.125 e. The van der Waals surface area contributed by atoms with Gasteiger partial charge in [-0.3, -0.25) is 0 Å². The van der Waals surface area contributed by atoms with Crippen molar-refractivity contribution in [3.05, 3.63) is 29.6 Å². The van der Waals surface area contributed by atoms with Gasteiger partial charge in [0.15, 0.2) is 0 Å². The van der Waals surface area contributed by atoms with E-state index in [0.717, 1.165) is 29.2 Å². The number of nitrogens with zero attached hydrogens (tertiary/aromatic N) is 3. The molecule has 3 nitrogen and oxygen atoms in total. The molecule has 3 rings (SSSR count). The van der Waals surface area contributed by atoms with Gasteiger partial charge >= 0.3 is 0 Å². The predicted octanol–water partition coefficient (Wildman–Crippen LogP) is 4.25. The molecule has 0 N–H and O–H groups in total. The van der Waals surface area contributed by atoms with E-state index in [1.807, 2.05) is 18.2 Å². The molecule has 0 radical (unpaired) electrons. The molecule has 1 aromatic heterocycles. The number of alkyl halides is 1. The summed E-state index contributed by atoms with van der Waals surface area (Å²) in [7, 11) is 0. The van der Waals surface area contributed by atoms with Gasteiger partial charge < -0.3 is 4.57 Å². The Hall–Kier alpha value is -1.53. The summed E-state index contributed by atoms with van der Waals surface area (Å²) < 4.78 is 2.28. The minimum absolute atomic E-state index is 0.411. The molecule has 1 aromatic carbocycles. The van der Waals surface area contributed by atoms with Crippen LogP contribution in [-0.2, 0) is 5.88 Å². The SMILES string of the molecule is CC1CCC(n2c(CCl)nc3ccc(C#N)cc32)C1C. The molecule has 0 aliphatic heterocycles. The van der Waals surface area contributed by atoms with Crippen molar-refractivity contribution >= 4 is 22.6 Å². The number of fused-ring (bicyclic) bond motifs is 1. The highest BCUT2D eigenvalue weighted by Gasteiger charge is 2.33. The Morgan fingerprint density at radius 3 is 2.80 bits per heavy atom. The Morgan fingerprint density at radius 2 is 2.20 bits per heavy atom. The van der Waals surface area contributed by atoms with Crippen LogP contribution >= 0.6 is 11.6 Å². The minimum Gasteiger partial charge on any atom is -0.324 e. The third-order valence-electron chi connectivity index (χ3n) is 4.77. The monoisotopic (exact) mass is 287 g/mol. The molecule has 3 unspecified atom stereocenters. The van der Waals surface area contributed by atoms with E-state index in [-0.39, 0.29) is 0 Å². The van der Waals surface area contributed by atoms with Gasteiger partial charge in [-0.1, -0.05) is 13.8 Å². The average molecular weight is 288 g/mol. The van der Waals surface area contributed by atoms with Gasteiger partial charge in [-0.05, 0) is 42.9 Å². The van der Waals surface area contributed by atoms with Crippen LogP contribution in [0.3, 0.4) is 0 Å². The summed E-state index contributed by atoms with van der Waals surface area (Å²) in [6.45, 7) is 4.62. The second-order valence-corrected chi connectivity index (χ2v) is 6.10. The fraction of sp³-hybridized carbons (Fsp3) is 0.500. The fourth-order valence-corrected chi connectivity index (χ4v) is 3.57. The van der Waals surface area contributed by atoms with Gasteiger partial charge in [-0.25, -0.2) is 4.98 Å². The molecule has 1 heterocycles. The molecule has 0 amide bonds. The van der Waals surface area contributed by atoms with Gasteiger partial charge in [-0.2, -0.15) is 5.26 Å². The topological polar surface area (TPSA) is 41.6 Å². The largest absolute Gasteiger partial charge is 0.324 e. The second-order valence-electron chi connectivity index (χ2n) is 5.83. The molecule has 1 fully saturated rings. The maximum atomic E-state index is 9.11. The van der Waals surface area contributed by atoms with Crippen molar-refractivity contribution in [1.82, 2.24) is 9.55 Å². The quantitative estimate of drug-likeness (QED) is 0.775. The van der Waals surface area contributed by atoms with Crippen LogP contribution in [0.25, 0.3) is 11.0 Å². The van der Waals surface area contributed by atoms with Gasteiger partial charge in [0.25, 0.3) is 0 Å². The van der Waals surface area contributed by atoms with Crippen molar-refractivity contribution in [3.8, 4) is 6.07 Å². The molecule has 1 aliphatic rings. The molecular formula is C16H18ClN3. The second kappa shape index (κ2) is 5.10. The molecule has 4 heteroatoms. The van der Waals surface area contributed by atoms with E-state index in [1.54, 1.807) is 0 Å². The van der Waals surface area contributed by atoms with Crippen LogP contribution in [0.15, 0.2) is 18.2 Å². The van der Waals surface area contributed by atoms with Gasteiger partial charge in [0.1, 0.15) is 5.82 Å². The van der Waals surface area contributed by atoms with Crippen molar-refractivity contribution in [2.75, 3.05) is 0 Å². The average Bonchev–Trinajstić information content (AvgIpc) is 2.99. The van der Waals surface area contributed by atoms with Crippen molar-refractivity contribution in [2.24, 2.45) is 11.8 Å². The van der Waals surface area contributed by atoms with Crippen molar-refractivity contribution in [2.45, 2.75) is 38.6 Å². The maximum Gasteiger partial charge on any atom is 0.125 e. The first-order valence-electron chi connectivity index (χ1n) is 7.12. The Labute approximate surface area is 124 Å². The van der Waals surface area contributed by atoms with Crippen LogP contribution in [0.1, 0.15) is 44.1 Å². The number of hydrogen-bond donors (Lipinski definition) is 0. The molecule has 0 bridgehead atoms. The Morgan fingerprint density at radius 1 is 1.40 bits per heavy atom. The van der Waals surface area contributed by atoms with E-state index in [1.165, 1.54) is 6.42 Å². The summed E-state index contributed by atoms with van der Waals surface area (Å²) in [5.41, 5.74) is 2.66. The summed E-state index contributed by atoms with van der Waals surface area (Å²) in [6.07, 6.45) is 2.40. The van der Waals surface area contributed by atoms with Gasteiger partial charge in [-0.15, -0.1) is 11.6 Å². The van der Waals surface area contributed by atoms with Crippen LogP contribution in [0.2, 0.25) is 0 Å². The molecule has 104 valence electrons. The zero-order chi connectivity index (χ0) is 14.3. The number of nitriles is 1. The zero-order valence-corrected chi connectivity index (χ0v) is 12.6. The highest BCUT2D eigenvalue weighted by atomic mass is 35.5. The van der Waals surface area contributed by atoms with Crippen molar-refractivity contribution in [1.29, 1.82) is 5.26 Å². The first-order chi connectivity index (χ1) is 9.65. The van der Waals surface area contributed by atoms with Crippen molar-refractivity contribution < 1.29 is 0 Å². The van der Waals surface area contributed by atoms with E-state index in [2.05, 4.69) is 29.5 Å². The lowest BCUT2D eigenvalue weighted by Gasteiger charge is -2.22. The highest BCUT2D eigenvalue weighted by molar-refractivity contribution is 6.16. The van der Waals surface area contributed by atoms with E-state index in [9.17, 15) is 0 Å². The number of rotatable bonds is 2. The van der Waals surface area contributed by atoms with Gasteiger partial charge in [0.05, 0.1) is 28.5 Å². The minimum atomic E-state index is 0.411. The summed E-state index contributed by atoms with van der Waals surface area (Å²) in [5, 5.41) is 9.11. The number of aromatic nitrogens is 2. The van der Waals surface area contributed by atoms with Gasteiger partial charge in [0.2, 0.25) is 0 Å². The third-order valence-corrected chi connectivity index (χ3v) is 5.00. The van der Waals surface area contributed by atoms with Crippen molar-refractivity contribution in [3.63, 3.8) is 0 Å². The summed E-state index contributed by atoms with van der Waals surface area (Å²) >= 11 is 6.09. The van der Waals surface area contributed by atoms with E-state index in [4.69, 9.17) is 16.9 Å². The first kappa shape index (κ1) is 13.5. The van der Waals surface area contributed by atoms with Crippen LogP contribution in [-0.4, -0.2) is 9.55 Å². The fourth-order valence-electron chi connectivity index (χ4n) is 3.38. The molecule has 2 aromatic rings. The highest BCUT2D eigenvalue weighted by Crippen LogP contribution is 2.42.